The molecule has 2 atom stereocenters. The Labute approximate surface area is 249 Å². The van der Waals surface area contributed by atoms with Crippen LogP contribution in [0, 0.1) is 5.82 Å². The van der Waals surface area contributed by atoms with Gasteiger partial charge in [-0.2, -0.15) is 0 Å². The fourth-order valence-corrected chi connectivity index (χ4v) is 7.06. The van der Waals surface area contributed by atoms with Crippen molar-refractivity contribution in [2.45, 2.75) is 42.0 Å². The molecule has 1 amide bonds. The summed E-state index contributed by atoms with van der Waals surface area (Å²) in [5.41, 5.74) is 5.74. The summed E-state index contributed by atoms with van der Waals surface area (Å²) in [6, 6.07) is 26.5. The number of hydrogen-bond acceptors (Lipinski definition) is 5. The maximum Gasteiger partial charge on any atom is 0.241 e. The number of para-hydroxylation sites is 1. The Kier molecular flexibility index (Phi) is 8.19. The van der Waals surface area contributed by atoms with Gasteiger partial charge in [0.05, 0.1) is 13.2 Å². The number of halogens is 2. The minimum Gasteiger partial charge on any atom is -0.497 e. The fraction of sp³-hybridized carbons (Fsp3) is 0.242. The Bertz CT molecular complexity index is 1540. The molecule has 1 saturated heterocycles. The lowest BCUT2D eigenvalue weighted by molar-refractivity contribution is -0.120. The summed E-state index contributed by atoms with van der Waals surface area (Å²) in [5.74, 6) is 0.330. The number of fused-ring (bicyclic) bond motifs is 2. The van der Waals surface area contributed by atoms with Crippen LogP contribution in [-0.4, -0.2) is 35.8 Å². The number of likely N-dealkylation sites (tertiary alicyclic amines) is 1. The summed E-state index contributed by atoms with van der Waals surface area (Å²) in [5, 5.41) is 7.22. The molecule has 2 heterocycles. The maximum absolute atomic E-state index is 14.8. The van der Waals surface area contributed by atoms with Gasteiger partial charge in [0.25, 0.3) is 0 Å². The minimum atomic E-state index is -0.436. The van der Waals surface area contributed by atoms with Gasteiger partial charge in [-0.1, -0.05) is 41.9 Å². The number of nitrogens with one attached hydrogen (secondary N) is 2. The monoisotopic (exact) mass is 587 g/mol. The van der Waals surface area contributed by atoms with Crippen LogP contribution in [0.3, 0.4) is 0 Å². The van der Waals surface area contributed by atoms with Crippen molar-refractivity contribution in [1.29, 1.82) is 0 Å². The first-order chi connectivity index (χ1) is 20.0. The van der Waals surface area contributed by atoms with Crippen molar-refractivity contribution in [1.82, 2.24) is 4.90 Å². The predicted octanol–water partition coefficient (Wildman–Crippen LogP) is 7.70. The number of rotatable bonds is 7. The lowest BCUT2D eigenvalue weighted by Crippen LogP contribution is -2.39. The molecule has 2 aliphatic heterocycles. The molecule has 210 valence electrons. The third-order valence-electron chi connectivity index (χ3n) is 7.78. The molecular formula is C33H31ClFN3O2S. The number of nitrogens with zero attached hydrogens (tertiary/aromatic N) is 1. The Morgan fingerprint density at radius 2 is 1.80 bits per heavy atom. The van der Waals surface area contributed by atoms with E-state index in [1.807, 2.05) is 47.4 Å². The van der Waals surface area contributed by atoms with Gasteiger partial charge in [0, 0.05) is 50.9 Å². The standard InChI is InChI=1S/C33H31ClFN3O2S/c1-40-24-13-15-25(16-14-24)41-26-18-32(38(19-26)20-27-28(34)6-4-7-29(27)35)33(39)36-23-12-11-22-10-9-21-5-2-3-8-30(21)37-31(22)17-23/h2-8,11-17,26,32,37H,9-10,18-20H2,1H3,(H,36,39)/t26-,32-/m0/s1. The van der Waals surface area contributed by atoms with Crippen molar-refractivity contribution in [3.63, 3.8) is 0 Å². The number of anilines is 3. The first-order valence-electron chi connectivity index (χ1n) is 13.7. The Hall–Kier alpha value is -3.52. The van der Waals surface area contributed by atoms with E-state index in [2.05, 4.69) is 34.9 Å². The van der Waals surface area contributed by atoms with Crippen LogP contribution in [0.5, 0.6) is 5.75 Å². The van der Waals surface area contributed by atoms with Crippen molar-refractivity contribution in [3.05, 3.63) is 112 Å². The first kappa shape index (κ1) is 27.6. The lowest BCUT2D eigenvalue weighted by atomic mass is 10.0. The maximum atomic E-state index is 14.8. The van der Waals surface area contributed by atoms with Crippen LogP contribution in [0.1, 0.15) is 23.1 Å². The van der Waals surface area contributed by atoms with E-state index in [4.69, 9.17) is 16.3 Å². The van der Waals surface area contributed by atoms with Crippen LogP contribution in [0.2, 0.25) is 5.02 Å². The van der Waals surface area contributed by atoms with Crippen molar-refractivity contribution >= 4 is 46.3 Å². The lowest BCUT2D eigenvalue weighted by Gasteiger charge is -2.24. The molecular weight excluding hydrogens is 557 g/mol. The van der Waals surface area contributed by atoms with E-state index >= 15 is 0 Å². The highest BCUT2D eigenvalue weighted by Crippen LogP contribution is 2.37. The van der Waals surface area contributed by atoms with E-state index in [-0.39, 0.29) is 23.5 Å². The van der Waals surface area contributed by atoms with Gasteiger partial charge in [-0.05, 0) is 85.0 Å². The van der Waals surface area contributed by atoms with Gasteiger partial charge in [-0.3, -0.25) is 9.69 Å². The molecule has 41 heavy (non-hydrogen) atoms. The van der Waals surface area contributed by atoms with E-state index in [0.29, 0.717) is 23.6 Å². The summed E-state index contributed by atoms with van der Waals surface area (Å²) in [4.78, 5) is 16.9. The summed E-state index contributed by atoms with van der Waals surface area (Å²) >= 11 is 8.11. The number of methoxy groups -OCH3 is 1. The predicted molar refractivity (Wildman–Crippen MR) is 165 cm³/mol. The number of hydrogen-bond donors (Lipinski definition) is 2. The molecule has 0 radical (unpaired) electrons. The fourth-order valence-electron chi connectivity index (χ4n) is 5.62. The summed E-state index contributed by atoms with van der Waals surface area (Å²) in [6.45, 7) is 0.883. The van der Waals surface area contributed by atoms with E-state index < -0.39 is 6.04 Å². The van der Waals surface area contributed by atoms with Gasteiger partial charge in [-0.25, -0.2) is 4.39 Å². The normalized spacial score (nSPS) is 18.1. The smallest absolute Gasteiger partial charge is 0.241 e. The molecule has 0 saturated carbocycles. The minimum absolute atomic E-state index is 0.107. The molecule has 2 N–H and O–H groups in total. The molecule has 8 heteroatoms. The quantitative estimate of drug-likeness (QED) is 0.232. The molecule has 4 aromatic carbocycles. The average molecular weight is 588 g/mol. The molecule has 0 unspecified atom stereocenters. The molecule has 0 spiro atoms. The number of aryl methyl sites for hydroxylation is 2. The number of carbonyl (C=O) groups excluding carboxylic acids is 1. The van der Waals surface area contributed by atoms with Gasteiger partial charge in [0.2, 0.25) is 5.91 Å². The number of benzene rings is 4. The highest BCUT2D eigenvalue weighted by atomic mass is 35.5. The highest BCUT2D eigenvalue weighted by molar-refractivity contribution is 8.00. The van der Waals surface area contributed by atoms with Crippen LogP contribution < -0.4 is 15.4 Å². The van der Waals surface area contributed by atoms with Crippen LogP contribution in [0.4, 0.5) is 21.5 Å². The zero-order valence-corrected chi connectivity index (χ0v) is 24.3. The van der Waals surface area contributed by atoms with Gasteiger partial charge >= 0.3 is 0 Å². The molecule has 1 fully saturated rings. The van der Waals surface area contributed by atoms with Gasteiger partial charge in [-0.15, -0.1) is 11.8 Å². The molecule has 0 aromatic heterocycles. The topological polar surface area (TPSA) is 53.6 Å². The average Bonchev–Trinajstić information content (AvgIpc) is 3.28. The van der Waals surface area contributed by atoms with Crippen LogP contribution in [-0.2, 0) is 24.2 Å². The zero-order valence-electron chi connectivity index (χ0n) is 22.7. The second-order valence-electron chi connectivity index (χ2n) is 10.4. The Balaban J connectivity index is 1.22. The molecule has 5 nitrogen and oxygen atoms in total. The zero-order chi connectivity index (χ0) is 28.3. The summed E-state index contributed by atoms with van der Waals surface area (Å²) < 4.78 is 20.0. The second-order valence-corrected chi connectivity index (χ2v) is 12.2. The Morgan fingerprint density at radius 1 is 1.02 bits per heavy atom. The van der Waals surface area contributed by atoms with Crippen LogP contribution in [0.15, 0.2) is 89.8 Å². The van der Waals surface area contributed by atoms with Crippen molar-refractivity contribution in [2.75, 3.05) is 24.3 Å². The first-order valence-corrected chi connectivity index (χ1v) is 15.0. The van der Waals surface area contributed by atoms with Crippen LogP contribution in [0.25, 0.3) is 0 Å². The SMILES string of the molecule is COc1ccc(S[C@H]2C[C@@H](C(=O)Nc3ccc4c(c3)Nc3ccccc3CC4)N(Cc3c(F)cccc3Cl)C2)cc1. The van der Waals surface area contributed by atoms with Crippen LogP contribution >= 0.6 is 23.4 Å². The number of amides is 1. The van der Waals surface area contributed by atoms with E-state index in [9.17, 15) is 9.18 Å². The number of carbonyl (C=O) groups is 1. The molecule has 6 rings (SSSR count). The third kappa shape index (κ3) is 6.22. The number of thioether (sulfide) groups is 1. The van der Waals surface area contributed by atoms with E-state index in [1.54, 1.807) is 31.0 Å². The summed E-state index contributed by atoms with van der Waals surface area (Å²) in [6.07, 6.45) is 2.52. The molecule has 0 bridgehead atoms. The highest BCUT2D eigenvalue weighted by Gasteiger charge is 2.38. The van der Waals surface area contributed by atoms with Gasteiger partial charge in [0.1, 0.15) is 11.6 Å². The molecule has 4 aromatic rings. The largest absolute Gasteiger partial charge is 0.497 e. The van der Waals surface area contributed by atoms with Crippen molar-refractivity contribution in [3.8, 4) is 5.75 Å². The second kappa shape index (κ2) is 12.1. The number of ether oxygens (including phenoxy) is 1. The van der Waals surface area contributed by atoms with Gasteiger partial charge < -0.3 is 15.4 Å². The van der Waals surface area contributed by atoms with E-state index in [1.165, 1.54) is 17.2 Å². The van der Waals surface area contributed by atoms with E-state index in [0.717, 1.165) is 40.5 Å². The summed E-state index contributed by atoms with van der Waals surface area (Å²) in [7, 11) is 1.65. The third-order valence-corrected chi connectivity index (χ3v) is 9.35. The molecule has 2 aliphatic rings. The van der Waals surface area contributed by atoms with Gasteiger partial charge in [0.15, 0.2) is 0 Å². The Morgan fingerprint density at radius 3 is 2.59 bits per heavy atom. The molecule has 0 aliphatic carbocycles. The van der Waals surface area contributed by atoms with Crippen molar-refractivity contribution < 1.29 is 13.9 Å². The van der Waals surface area contributed by atoms with Crippen molar-refractivity contribution in [2.24, 2.45) is 0 Å².